The Kier molecular flexibility index (Phi) is 4.23. The average Bonchev–Trinajstić information content (AvgIpc) is 2.34. The van der Waals surface area contributed by atoms with Gasteiger partial charge in [-0.3, -0.25) is 0 Å². The highest BCUT2D eigenvalue weighted by atomic mass is 35.5. The predicted octanol–water partition coefficient (Wildman–Crippen LogP) is 2.87. The maximum Gasteiger partial charge on any atom is 0.127 e. The van der Waals surface area contributed by atoms with E-state index >= 15 is 0 Å². The van der Waals surface area contributed by atoms with Crippen molar-refractivity contribution >= 4 is 11.6 Å². The van der Waals surface area contributed by atoms with Crippen molar-refractivity contribution in [3.63, 3.8) is 0 Å². The first-order valence-corrected chi connectivity index (χ1v) is 5.96. The van der Waals surface area contributed by atoms with Gasteiger partial charge in [-0.15, -0.1) is 0 Å². The Labute approximate surface area is 110 Å². The maximum absolute atomic E-state index is 13.4. The van der Waals surface area contributed by atoms with Crippen LogP contribution in [0.3, 0.4) is 0 Å². The van der Waals surface area contributed by atoms with Crippen molar-refractivity contribution in [2.24, 2.45) is 0 Å². The Balaban J connectivity index is 1.94. The summed E-state index contributed by atoms with van der Waals surface area (Å²) >= 11 is 5.82. The molecule has 1 aromatic heterocycles. The van der Waals surface area contributed by atoms with Crippen LogP contribution in [0.15, 0.2) is 30.5 Å². The molecule has 1 aromatic carbocycles. The fraction of sp³-hybridized carbons (Fsp3) is 0.231. The van der Waals surface area contributed by atoms with Crippen molar-refractivity contribution in [2.75, 3.05) is 0 Å². The Hall–Kier alpha value is -1.52. The Bertz CT molecular complexity index is 546. The molecule has 0 aliphatic carbocycles. The molecule has 3 nitrogen and oxygen atoms in total. The normalized spacial score (nSPS) is 10.6. The van der Waals surface area contributed by atoms with Crippen molar-refractivity contribution in [2.45, 2.75) is 20.0 Å². The molecule has 0 unspecified atom stereocenters. The summed E-state index contributed by atoms with van der Waals surface area (Å²) < 4.78 is 13.4. The average molecular weight is 266 g/mol. The summed E-state index contributed by atoms with van der Waals surface area (Å²) in [6.07, 6.45) is 1.71. The first kappa shape index (κ1) is 12.9. The summed E-state index contributed by atoms with van der Waals surface area (Å²) in [6.45, 7) is 2.81. The van der Waals surface area contributed by atoms with Crippen molar-refractivity contribution < 1.29 is 4.39 Å². The lowest BCUT2D eigenvalue weighted by molar-refractivity contribution is 0.585. The van der Waals surface area contributed by atoms with Crippen LogP contribution in [0.1, 0.15) is 17.1 Å². The number of rotatable bonds is 4. The van der Waals surface area contributed by atoms with E-state index < -0.39 is 0 Å². The number of hydrogen-bond acceptors (Lipinski definition) is 3. The molecule has 0 saturated carbocycles. The van der Waals surface area contributed by atoms with Crippen molar-refractivity contribution in [1.29, 1.82) is 0 Å². The lowest BCUT2D eigenvalue weighted by Crippen LogP contribution is -2.15. The third kappa shape index (κ3) is 3.48. The third-order valence-electron chi connectivity index (χ3n) is 2.46. The van der Waals surface area contributed by atoms with Crippen LogP contribution < -0.4 is 5.32 Å². The molecular formula is C13H13ClFN3. The van der Waals surface area contributed by atoms with E-state index in [4.69, 9.17) is 11.6 Å². The number of halogens is 2. The summed E-state index contributed by atoms with van der Waals surface area (Å²) in [5.74, 6) is 0.467. The molecular weight excluding hydrogens is 253 g/mol. The zero-order valence-electron chi connectivity index (χ0n) is 9.95. The summed E-state index contributed by atoms with van der Waals surface area (Å²) in [6, 6.07) is 6.35. The maximum atomic E-state index is 13.4. The van der Waals surface area contributed by atoms with Gasteiger partial charge in [-0.05, 0) is 31.2 Å². The third-order valence-corrected chi connectivity index (χ3v) is 2.70. The van der Waals surface area contributed by atoms with Gasteiger partial charge in [-0.1, -0.05) is 11.6 Å². The van der Waals surface area contributed by atoms with Gasteiger partial charge in [-0.25, -0.2) is 14.4 Å². The second-order valence-corrected chi connectivity index (χ2v) is 4.37. The van der Waals surface area contributed by atoms with Gasteiger partial charge in [0.25, 0.3) is 0 Å². The molecule has 0 aliphatic heterocycles. The number of aryl methyl sites for hydroxylation is 1. The molecule has 1 heterocycles. The molecule has 2 aromatic rings. The smallest absolute Gasteiger partial charge is 0.127 e. The molecule has 18 heavy (non-hydrogen) atoms. The van der Waals surface area contributed by atoms with E-state index in [-0.39, 0.29) is 5.82 Å². The van der Waals surface area contributed by atoms with Crippen LogP contribution in [0.5, 0.6) is 0 Å². The molecule has 1 N–H and O–H groups in total. The molecule has 2 rings (SSSR count). The zero-order valence-corrected chi connectivity index (χ0v) is 10.7. The van der Waals surface area contributed by atoms with Crippen LogP contribution in [-0.4, -0.2) is 9.97 Å². The minimum Gasteiger partial charge on any atom is -0.307 e. The van der Waals surface area contributed by atoms with E-state index in [1.165, 1.54) is 12.1 Å². The topological polar surface area (TPSA) is 37.8 Å². The number of aromatic nitrogens is 2. The second-order valence-electron chi connectivity index (χ2n) is 3.93. The van der Waals surface area contributed by atoms with E-state index in [9.17, 15) is 4.39 Å². The number of benzene rings is 1. The number of nitrogens with zero attached hydrogens (tertiary/aromatic N) is 2. The monoisotopic (exact) mass is 265 g/mol. The van der Waals surface area contributed by atoms with E-state index in [1.54, 1.807) is 12.3 Å². The quantitative estimate of drug-likeness (QED) is 0.924. The van der Waals surface area contributed by atoms with Crippen LogP contribution in [0.25, 0.3) is 0 Å². The van der Waals surface area contributed by atoms with Crippen LogP contribution >= 0.6 is 11.6 Å². The summed E-state index contributed by atoms with van der Waals surface area (Å²) in [5.41, 5.74) is 1.43. The SMILES string of the molecule is Cc1nccc(CNCc2cc(Cl)ccc2F)n1. The van der Waals surface area contributed by atoms with Crippen LogP contribution in [0, 0.1) is 12.7 Å². The molecule has 0 amide bonds. The summed E-state index contributed by atoms with van der Waals surface area (Å²) in [4.78, 5) is 8.27. The molecule has 0 atom stereocenters. The highest BCUT2D eigenvalue weighted by Crippen LogP contribution is 2.14. The number of hydrogen-bond donors (Lipinski definition) is 1. The fourth-order valence-electron chi connectivity index (χ4n) is 1.61. The molecule has 0 bridgehead atoms. The van der Waals surface area contributed by atoms with Gasteiger partial charge in [0.1, 0.15) is 11.6 Å². The largest absolute Gasteiger partial charge is 0.307 e. The standard InChI is InChI=1S/C13H13ClFN3/c1-9-17-5-4-12(18-9)8-16-7-10-6-11(14)2-3-13(10)15/h2-6,16H,7-8H2,1H3. The van der Waals surface area contributed by atoms with E-state index in [2.05, 4.69) is 15.3 Å². The Morgan fingerprint density at radius 3 is 2.89 bits per heavy atom. The lowest BCUT2D eigenvalue weighted by Gasteiger charge is -2.06. The van der Waals surface area contributed by atoms with Crippen molar-refractivity contribution in [3.8, 4) is 0 Å². The first-order valence-electron chi connectivity index (χ1n) is 5.58. The van der Waals surface area contributed by atoms with Gasteiger partial charge in [0, 0.05) is 29.9 Å². The molecule has 0 fully saturated rings. The zero-order chi connectivity index (χ0) is 13.0. The van der Waals surface area contributed by atoms with Crippen LogP contribution in [0.2, 0.25) is 5.02 Å². The summed E-state index contributed by atoms with van der Waals surface area (Å²) in [7, 11) is 0. The van der Waals surface area contributed by atoms with Gasteiger partial charge < -0.3 is 5.32 Å². The van der Waals surface area contributed by atoms with E-state index in [1.807, 2.05) is 13.0 Å². The molecule has 0 aliphatic rings. The highest BCUT2D eigenvalue weighted by Gasteiger charge is 2.03. The van der Waals surface area contributed by atoms with Crippen molar-refractivity contribution in [3.05, 3.63) is 58.4 Å². The minimum absolute atomic E-state index is 0.259. The molecule has 5 heteroatoms. The second kappa shape index (κ2) is 5.89. The molecule has 0 radical (unpaired) electrons. The van der Waals surface area contributed by atoms with Gasteiger partial charge >= 0.3 is 0 Å². The predicted molar refractivity (Wildman–Crippen MR) is 68.7 cm³/mol. The number of nitrogens with one attached hydrogen (secondary N) is 1. The Morgan fingerprint density at radius 2 is 2.11 bits per heavy atom. The van der Waals surface area contributed by atoms with Gasteiger partial charge in [0.05, 0.1) is 5.69 Å². The Morgan fingerprint density at radius 1 is 1.28 bits per heavy atom. The summed E-state index contributed by atoms with van der Waals surface area (Å²) in [5, 5.41) is 3.66. The molecule has 94 valence electrons. The van der Waals surface area contributed by atoms with Crippen LogP contribution in [0.4, 0.5) is 4.39 Å². The first-order chi connectivity index (χ1) is 8.65. The minimum atomic E-state index is -0.259. The lowest BCUT2D eigenvalue weighted by atomic mass is 10.2. The van der Waals surface area contributed by atoms with Gasteiger partial charge in [0.2, 0.25) is 0 Å². The highest BCUT2D eigenvalue weighted by molar-refractivity contribution is 6.30. The fourth-order valence-corrected chi connectivity index (χ4v) is 1.80. The van der Waals surface area contributed by atoms with Crippen molar-refractivity contribution in [1.82, 2.24) is 15.3 Å². The van der Waals surface area contributed by atoms with Gasteiger partial charge in [0.15, 0.2) is 0 Å². The van der Waals surface area contributed by atoms with E-state index in [0.717, 1.165) is 11.5 Å². The van der Waals surface area contributed by atoms with Gasteiger partial charge in [-0.2, -0.15) is 0 Å². The molecule has 0 saturated heterocycles. The van der Waals surface area contributed by atoms with Crippen LogP contribution in [-0.2, 0) is 13.1 Å². The molecule has 0 spiro atoms. The van der Waals surface area contributed by atoms with E-state index in [0.29, 0.717) is 23.7 Å².